The van der Waals surface area contributed by atoms with Gasteiger partial charge in [0.2, 0.25) is 0 Å². The van der Waals surface area contributed by atoms with Gasteiger partial charge in [0.25, 0.3) is 5.91 Å². The second-order valence-electron chi connectivity index (χ2n) is 5.65. The molecule has 0 radical (unpaired) electrons. The van der Waals surface area contributed by atoms with E-state index < -0.39 is 17.7 Å². The van der Waals surface area contributed by atoms with Crippen LogP contribution >= 0.6 is 11.8 Å². The van der Waals surface area contributed by atoms with Crippen molar-refractivity contribution >= 4 is 23.7 Å². The van der Waals surface area contributed by atoms with Crippen LogP contribution in [0.3, 0.4) is 0 Å². The van der Waals surface area contributed by atoms with Crippen molar-refractivity contribution in [1.29, 1.82) is 0 Å². The van der Waals surface area contributed by atoms with Crippen LogP contribution in [0.1, 0.15) is 6.42 Å². The summed E-state index contributed by atoms with van der Waals surface area (Å²) in [6.07, 6.45) is -0.403. The zero-order valence-corrected chi connectivity index (χ0v) is 13.1. The minimum atomic E-state index is -1.01. The molecule has 2 aliphatic rings. The Kier molecular flexibility index (Phi) is 4.45. The summed E-state index contributed by atoms with van der Waals surface area (Å²) < 4.78 is 18.1. The van der Waals surface area contributed by atoms with Crippen molar-refractivity contribution in [3.8, 4) is 5.75 Å². The third kappa shape index (κ3) is 3.28. The molecule has 8 heteroatoms. The molecule has 2 atom stereocenters. The first-order valence-corrected chi connectivity index (χ1v) is 8.44. The molecule has 2 N–H and O–H groups in total. The molecule has 1 aromatic carbocycles. The number of nitrogens with one attached hydrogen (secondary N) is 1. The number of carbonyl (C=O) groups is 2. The molecule has 1 spiro atoms. The molecule has 3 amide bonds. The number of hydrogen-bond donors (Lipinski definition) is 2. The number of rotatable bonds is 5. The summed E-state index contributed by atoms with van der Waals surface area (Å²) in [5.41, 5.74) is -0.806. The van der Waals surface area contributed by atoms with Crippen molar-refractivity contribution in [2.45, 2.75) is 18.1 Å². The normalized spacial score (nSPS) is 25.0. The van der Waals surface area contributed by atoms with Crippen molar-refractivity contribution in [3.63, 3.8) is 0 Å². The van der Waals surface area contributed by atoms with E-state index in [2.05, 4.69) is 5.32 Å². The van der Waals surface area contributed by atoms with Crippen molar-refractivity contribution < 1.29 is 23.8 Å². The molecular formula is C15H17FN2O4S. The molecule has 2 saturated heterocycles. The number of hydrogen-bond acceptors (Lipinski definition) is 5. The molecular weight excluding hydrogens is 323 g/mol. The van der Waals surface area contributed by atoms with E-state index in [1.807, 2.05) is 0 Å². The van der Waals surface area contributed by atoms with E-state index in [0.717, 1.165) is 10.7 Å². The zero-order chi connectivity index (χ0) is 16.4. The van der Waals surface area contributed by atoms with Gasteiger partial charge in [-0.1, -0.05) is 0 Å². The fraction of sp³-hybridized carbons (Fsp3) is 0.467. The van der Waals surface area contributed by atoms with Gasteiger partial charge in [-0.15, -0.1) is 0 Å². The highest BCUT2D eigenvalue weighted by atomic mass is 32.2. The van der Waals surface area contributed by atoms with Crippen LogP contribution in [-0.2, 0) is 4.79 Å². The highest BCUT2D eigenvalue weighted by molar-refractivity contribution is 7.99. The largest absolute Gasteiger partial charge is 0.491 e. The Balaban J connectivity index is 1.55. The van der Waals surface area contributed by atoms with Gasteiger partial charge < -0.3 is 15.2 Å². The summed E-state index contributed by atoms with van der Waals surface area (Å²) >= 11 is 1.63. The van der Waals surface area contributed by atoms with Gasteiger partial charge in [0.1, 0.15) is 29.8 Å². The van der Waals surface area contributed by atoms with Crippen LogP contribution in [-0.4, -0.2) is 58.2 Å². The maximum Gasteiger partial charge on any atom is 0.325 e. The van der Waals surface area contributed by atoms with E-state index in [9.17, 15) is 19.1 Å². The molecule has 1 aromatic rings. The SMILES string of the molecule is O=C1NC2(CCSC2)C(=O)N1CC(O)COc1ccc(F)cc1. The number of urea groups is 1. The molecule has 6 nitrogen and oxygen atoms in total. The lowest BCUT2D eigenvalue weighted by Crippen LogP contribution is -2.47. The van der Waals surface area contributed by atoms with Gasteiger partial charge in [0.05, 0.1) is 6.54 Å². The second kappa shape index (κ2) is 6.37. The summed E-state index contributed by atoms with van der Waals surface area (Å²) in [6.45, 7) is -0.220. The number of β-amino-alcohol motifs (C(OH)–C–C–N with tert-alkyl or cyclic N) is 1. The average Bonchev–Trinajstić information content (AvgIpc) is 3.08. The number of benzene rings is 1. The van der Waals surface area contributed by atoms with E-state index in [1.165, 1.54) is 24.3 Å². The van der Waals surface area contributed by atoms with Crippen LogP contribution in [0.4, 0.5) is 9.18 Å². The highest BCUT2D eigenvalue weighted by Gasteiger charge is 2.53. The van der Waals surface area contributed by atoms with E-state index >= 15 is 0 Å². The minimum absolute atomic E-state index is 0.0928. The third-order valence-corrected chi connectivity index (χ3v) is 5.11. The smallest absolute Gasteiger partial charge is 0.325 e. The lowest BCUT2D eigenvalue weighted by Gasteiger charge is -2.21. The van der Waals surface area contributed by atoms with Crippen LogP contribution in [0.25, 0.3) is 0 Å². The summed E-state index contributed by atoms with van der Waals surface area (Å²) in [6, 6.07) is 4.92. The van der Waals surface area contributed by atoms with Gasteiger partial charge in [-0.05, 0) is 36.4 Å². The van der Waals surface area contributed by atoms with Crippen LogP contribution < -0.4 is 10.1 Å². The summed E-state index contributed by atoms with van der Waals surface area (Å²) in [7, 11) is 0. The average molecular weight is 340 g/mol. The Labute approximate surface area is 137 Å². The number of imide groups is 1. The van der Waals surface area contributed by atoms with Crippen LogP contribution in [0, 0.1) is 5.82 Å². The number of nitrogens with zero attached hydrogens (tertiary/aromatic N) is 1. The van der Waals surface area contributed by atoms with Gasteiger partial charge in [0, 0.05) is 5.75 Å². The second-order valence-corrected chi connectivity index (χ2v) is 6.75. The predicted molar refractivity (Wildman–Crippen MR) is 82.8 cm³/mol. The van der Waals surface area contributed by atoms with Gasteiger partial charge in [-0.2, -0.15) is 11.8 Å². The molecule has 0 aliphatic carbocycles. The van der Waals surface area contributed by atoms with Crippen molar-refractivity contribution in [3.05, 3.63) is 30.1 Å². The number of aliphatic hydroxyl groups is 1. The molecule has 3 rings (SSSR count). The van der Waals surface area contributed by atoms with Crippen molar-refractivity contribution in [2.24, 2.45) is 0 Å². The first-order valence-electron chi connectivity index (χ1n) is 7.28. The molecule has 124 valence electrons. The fourth-order valence-electron chi connectivity index (χ4n) is 2.66. The molecule has 23 heavy (non-hydrogen) atoms. The molecule has 0 saturated carbocycles. The molecule has 2 unspecified atom stereocenters. The van der Waals surface area contributed by atoms with Crippen LogP contribution in [0.2, 0.25) is 0 Å². The molecule has 2 heterocycles. The van der Waals surface area contributed by atoms with Gasteiger partial charge in [0.15, 0.2) is 0 Å². The zero-order valence-electron chi connectivity index (χ0n) is 12.3. The van der Waals surface area contributed by atoms with Crippen molar-refractivity contribution in [2.75, 3.05) is 24.7 Å². The van der Waals surface area contributed by atoms with E-state index in [0.29, 0.717) is 17.9 Å². The summed E-state index contributed by atoms with van der Waals surface area (Å²) in [4.78, 5) is 25.5. The summed E-state index contributed by atoms with van der Waals surface area (Å²) in [5, 5.41) is 12.8. The molecule has 0 bridgehead atoms. The molecule has 2 fully saturated rings. The minimum Gasteiger partial charge on any atom is -0.491 e. The maximum atomic E-state index is 12.8. The van der Waals surface area contributed by atoms with Gasteiger partial charge >= 0.3 is 6.03 Å². The number of ether oxygens (including phenoxy) is 1. The predicted octanol–water partition coefficient (Wildman–Crippen LogP) is 0.993. The first-order chi connectivity index (χ1) is 11.0. The number of amides is 3. The highest BCUT2D eigenvalue weighted by Crippen LogP contribution is 2.33. The molecule has 0 aromatic heterocycles. The summed E-state index contributed by atoms with van der Waals surface area (Å²) in [5.74, 6) is 1.14. The van der Waals surface area contributed by atoms with Gasteiger partial charge in [-0.25, -0.2) is 9.18 Å². The Morgan fingerprint density at radius 3 is 2.78 bits per heavy atom. The monoisotopic (exact) mass is 340 g/mol. The maximum absolute atomic E-state index is 12.8. The Morgan fingerprint density at radius 2 is 2.13 bits per heavy atom. The lowest BCUT2D eigenvalue weighted by atomic mass is 9.99. The number of thioether (sulfide) groups is 1. The number of carbonyl (C=O) groups excluding carboxylic acids is 2. The standard InChI is InChI=1S/C15H17FN2O4S/c16-10-1-3-12(4-2-10)22-8-11(19)7-18-13(20)15(17-14(18)21)5-6-23-9-15/h1-4,11,19H,5-9H2,(H,17,21). The van der Waals surface area contributed by atoms with Crippen LogP contribution in [0.5, 0.6) is 5.75 Å². The lowest BCUT2D eigenvalue weighted by molar-refractivity contribution is -0.131. The van der Waals surface area contributed by atoms with E-state index in [1.54, 1.807) is 11.8 Å². The Hall–Kier alpha value is -1.80. The van der Waals surface area contributed by atoms with E-state index in [-0.39, 0.29) is 24.9 Å². The number of aliphatic hydroxyl groups excluding tert-OH is 1. The van der Waals surface area contributed by atoms with E-state index in [4.69, 9.17) is 4.74 Å². The Morgan fingerprint density at radius 1 is 1.39 bits per heavy atom. The quantitative estimate of drug-likeness (QED) is 0.782. The first kappa shape index (κ1) is 16.1. The topological polar surface area (TPSA) is 78.9 Å². The Bertz CT molecular complexity index is 604. The number of halogens is 1. The fourth-order valence-corrected chi connectivity index (χ4v) is 3.99. The van der Waals surface area contributed by atoms with Crippen molar-refractivity contribution in [1.82, 2.24) is 10.2 Å². The third-order valence-electron chi connectivity index (χ3n) is 3.92. The molecule has 2 aliphatic heterocycles. The van der Waals surface area contributed by atoms with Gasteiger partial charge in [-0.3, -0.25) is 9.69 Å². The van der Waals surface area contributed by atoms with Crippen LogP contribution in [0.15, 0.2) is 24.3 Å².